The number of halogens is 1. The SMILES string of the molecule is C[C@@H](NC(=O)COC(=O)c1cccc(O)c1)c1ccc(Cl)cc1. The number of benzene rings is 2. The molecule has 120 valence electrons. The van der Waals surface area contributed by atoms with Crippen molar-refractivity contribution in [3.05, 3.63) is 64.7 Å². The first-order valence-electron chi connectivity index (χ1n) is 6.96. The van der Waals surface area contributed by atoms with Gasteiger partial charge in [-0.25, -0.2) is 4.79 Å². The van der Waals surface area contributed by atoms with Gasteiger partial charge in [0.1, 0.15) is 5.75 Å². The van der Waals surface area contributed by atoms with E-state index in [0.29, 0.717) is 5.02 Å². The molecule has 0 aliphatic heterocycles. The zero-order valence-electron chi connectivity index (χ0n) is 12.5. The first kappa shape index (κ1) is 16.8. The second-order valence-electron chi connectivity index (χ2n) is 4.97. The molecule has 1 amide bonds. The molecule has 2 rings (SSSR count). The highest BCUT2D eigenvalue weighted by Crippen LogP contribution is 2.16. The molecule has 0 aliphatic carbocycles. The highest BCUT2D eigenvalue weighted by Gasteiger charge is 2.13. The van der Waals surface area contributed by atoms with Gasteiger partial charge >= 0.3 is 5.97 Å². The highest BCUT2D eigenvalue weighted by molar-refractivity contribution is 6.30. The van der Waals surface area contributed by atoms with Crippen LogP contribution in [0.3, 0.4) is 0 Å². The van der Waals surface area contributed by atoms with Gasteiger partial charge in [0.2, 0.25) is 0 Å². The Morgan fingerprint density at radius 1 is 1.22 bits per heavy atom. The summed E-state index contributed by atoms with van der Waals surface area (Å²) in [7, 11) is 0. The quantitative estimate of drug-likeness (QED) is 0.824. The Hall–Kier alpha value is -2.53. The number of nitrogens with one attached hydrogen (secondary N) is 1. The number of hydrogen-bond donors (Lipinski definition) is 2. The van der Waals surface area contributed by atoms with Crippen molar-refractivity contribution in [2.75, 3.05) is 6.61 Å². The molecule has 0 aliphatic rings. The predicted octanol–water partition coefficient (Wildman–Crippen LogP) is 3.08. The molecular formula is C17H16ClNO4. The molecule has 6 heteroatoms. The number of rotatable bonds is 5. The fourth-order valence-electron chi connectivity index (χ4n) is 1.97. The first-order chi connectivity index (χ1) is 11.0. The normalized spacial score (nSPS) is 11.6. The van der Waals surface area contributed by atoms with Crippen molar-refractivity contribution in [1.29, 1.82) is 0 Å². The van der Waals surface area contributed by atoms with Crippen LogP contribution in [0.1, 0.15) is 28.9 Å². The summed E-state index contributed by atoms with van der Waals surface area (Å²) in [6, 6.07) is 12.6. The molecule has 0 unspecified atom stereocenters. The molecule has 0 aromatic heterocycles. The van der Waals surface area contributed by atoms with Crippen LogP contribution >= 0.6 is 11.6 Å². The number of esters is 1. The van der Waals surface area contributed by atoms with Gasteiger partial charge in [0.25, 0.3) is 5.91 Å². The lowest BCUT2D eigenvalue weighted by Gasteiger charge is -2.14. The van der Waals surface area contributed by atoms with E-state index in [0.717, 1.165) is 5.56 Å². The minimum absolute atomic E-state index is 0.0414. The summed E-state index contributed by atoms with van der Waals surface area (Å²) in [6.07, 6.45) is 0. The third-order valence-electron chi connectivity index (χ3n) is 3.16. The first-order valence-corrected chi connectivity index (χ1v) is 7.34. The van der Waals surface area contributed by atoms with E-state index in [2.05, 4.69) is 5.32 Å². The zero-order valence-corrected chi connectivity index (χ0v) is 13.2. The van der Waals surface area contributed by atoms with Crippen molar-refractivity contribution in [1.82, 2.24) is 5.32 Å². The van der Waals surface area contributed by atoms with Crippen LogP contribution in [0, 0.1) is 0 Å². The Labute approximate surface area is 138 Å². The van der Waals surface area contributed by atoms with Crippen LogP contribution in [0.5, 0.6) is 5.75 Å². The average Bonchev–Trinajstić information content (AvgIpc) is 2.53. The lowest BCUT2D eigenvalue weighted by Crippen LogP contribution is -2.31. The second-order valence-corrected chi connectivity index (χ2v) is 5.40. The minimum Gasteiger partial charge on any atom is -0.508 e. The summed E-state index contributed by atoms with van der Waals surface area (Å²) in [5.74, 6) is -1.13. The summed E-state index contributed by atoms with van der Waals surface area (Å²) < 4.78 is 4.92. The van der Waals surface area contributed by atoms with Gasteiger partial charge in [-0.2, -0.15) is 0 Å². The van der Waals surface area contributed by atoms with Crippen molar-refractivity contribution in [3.8, 4) is 5.75 Å². The molecule has 0 heterocycles. The molecule has 0 spiro atoms. The lowest BCUT2D eigenvalue weighted by atomic mass is 10.1. The molecule has 23 heavy (non-hydrogen) atoms. The molecule has 2 aromatic rings. The van der Waals surface area contributed by atoms with E-state index in [1.54, 1.807) is 12.1 Å². The molecule has 0 bridgehead atoms. The van der Waals surface area contributed by atoms with Crippen LogP contribution < -0.4 is 5.32 Å². The Morgan fingerprint density at radius 2 is 1.91 bits per heavy atom. The third kappa shape index (κ3) is 5.00. The van der Waals surface area contributed by atoms with Crippen LogP contribution in [0.25, 0.3) is 0 Å². The van der Waals surface area contributed by atoms with Crippen molar-refractivity contribution in [2.45, 2.75) is 13.0 Å². The number of ether oxygens (including phenoxy) is 1. The molecule has 2 N–H and O–H groups in total. The number of aromatic hydroxyl groups is 1. The van der Waals surface area contributed by atoms with Crippen molar-refractivity contribution in [3.63, 3.8) is 0 Å². The highest BCUT2D eigenvalue weighted by atomic mass is 35.5. The summed E-state index contributed by atoms with van der Waals surface area (Å²) in [5, 5.41) is 12.7. The number of phenolic OH excluding ortho intramolecular Hbond substituents is 1. The van der Waals surface area contributed by atoms with Crippen LogP contribution in [0.4, 0.5) is 0 Å². The van der Waals surface area contributed by atoms with Crippen LogP contribution in [-0.2, 0) is 9.53 Å². The minimum atomic E-state index is -0.671. The van der Waals surface area contributed by atoms with Gasteiger partial charge in [-0.15, -0.1) is 0 Å². The molecule has 5 nitrogen and oxygen atoms in total. The third-order valence-corrected chi connectivity index (χ3v) is 3.42. The van der Waals surface area contributed by atoms with E-state index in [4.69, 9.17) is 16.3 Å². The van der Waals surface area contributed by atoms with E-state index in [1.807, 2.05) is 19.1 Å². The van der Waals surface area contributed by atoms with Crippen LogP contribution in [-0.4, -0.2) is 23.6 Å². The molecule has 0 saturated carbocycles. The number of carbonyl (C=O) groups excluding carboxylic acids is 2. The van der Waals surface area contributed by atoms with Crippen molar-refractivity contribution < 1.29 is 19.4 Å². The summed E-state index contributed by atoms with van der Waals surface area (Å²) in [5.41, 5.74) is 1.07. The fraction of sp³-hybridized carbons (Fsp3) is 0.176. The summed E-state index contributed by atoms with van der Waals surface area (Å²) >= 11 is 5.81. The average molecular weight is 334 g/mol. The molecule has 0 fully saturated rings. The maximum Gasteiger partial charge on any atom is 0.338 e. The number of carbonyl (C=O) groups is 2. The van der Waals surface area contributed by atoms with Gasteiger partial charge < -0.3 is 15.2 Å². The van der Waals surface area contributed by atoms with Crippen molar-refractivity contribution >= 4 is 23.5 Å². The lowest BCUT2D eigenvalue weighted by molar-refractivity contribution is -0.124. The van der Waals surface area contributed by atoms with E-state index >= 15 is 0 Å². The maximum absolute atomic E-state index is 11.8. The second kappa shape index (κ2) is 7.65. The maximum atomic E-state index is 11.8. The van der Waals surface area contributed by atoms with Crippen LogP contribution in [0.2, 0.25) is 5.02 Å². The number of phenols is 1. The van der Waals surface area contributed by atoms with E-state index < -0.39 is 18.5 Å². The molecule has 0 saturated heterocycles. The van der Waals surface area contributed by atoms with Crippen LogP contribution in [0.15, 0.2) is 48.5 Å². The molecule has 0 radical (unpaired) electrons. The van der Waals surface area contributed by atoms with E-state index in [9.17, 15) is 14.7 Å². The van der Waals surface area contributed by atoms with Gasteiger partial charge in [-0.1, -0.05) is 29.8 Å². The Kier molecular flexibility index (Phi) is 5.60. The Balaban J connectivity index is 1.85. The van der Waals surface area contributed by atoms with E-state index in [1.165, 1.54) is 24.3 Å². The number of amides is 1. The Bertz CT molecular complexity index is 700. The molecular weight excluding hydrogens is 318 g/mol. The topological polar surface area (TPSA) is 75.6 Å². The van der Waals surface area contributed by atoms with Gasteiger partial charge in [0.05, 0.1) is 11.6 Å². The molecule has 1 atom stereocenters. The summed E-state index contributed by atoms with van der Waals surface area (Å²) in [6.45, 7) is 1.42. The standard InChI is InChI=1S/C17H16ClNO4/c1-11(12-5-7-14(18)8-6-12)19-16(21)10-23-17(22)13-3-2-4-15(20)9-13/h2-9,11,20H,10H2,1H3,(H,19,21)/t11-/m1/s1. The van der Waals surface area contributed by atoms with Gasteiger partial charge in [-0.05, 0) is 42.8 Å². The zero-order chi connectivity index (χ0) is 16.8. The molecule has 2 aromatic carbocycles. The van der Waals surface area contributed by atoms with Gasteiger partial charge in [0.15, 0.2) is 6.61 Å². The van der Waals surface area contributed by atoms with Gasteiger partial charge in [-0.3, -0.25) is 4.79 Å². The smallest absolute Gasteiger partial charge is 0.338 e. The predicted molar refractivity (Wildman–Crippen MR) is 86.4 cm³/mol. The Morgan fingerprint density at radius 3 is 2.57 bits per heavy atom. The fourth-order valence-corrected chi connectivity index (χ4v) is 2.09. The largest absolute Gasteiger partial charge is 0.508 e. The van der Waals surface area contributed by atoms with Crippen molar-refractivity contribution in [2.24, 2.45) is 0 Å². The summed E-state index contributed by atoms with van der Waals surface area (Å²) in [4.78, 5) is 23.6. The van der Waals surface area contributed by atoms with Gasteiger partial charge in [0, 0.05) is 5.02 Å². The van der Waals surface area contributed by atoms with E-state index in [-0.39, 0.29) is 17.4 Å². The monoisotopic (exact) mass is 333 g/mol. The number of hydrogen-bond acceptors (Lipinski definition) is 4.